The van der Waals surface area contributed by atoms with Gasteiger partial charge >= 0.3 is 6.03 Å². The molecule has 0 spiro atoms. The zero-order valence-electron chi connectivity index (χ0n) is 14.8. The van der Waals surface area contributed by atoms with E-state index in [1.54, 1.807) is 24.3 Å². The Labute approximate surface area is 153 Å². The first-order chi connectivity index (χ1) is 12.1. The van der Waals surface area contributed by atoms with E-state index < -0.39 is 0 Å². The van der Waals surface area contributed by atoms with Gasteiger partial charge in [0.1, 0.15) is 0 Å². The van der Waals surface area contributed by atoms with E-state index in [-0.39, 0.29) is 17.4 Å². The number of hydrogen-bond donors (Lipinski definition) is 2. The van der Waals surface area contributed by atoms with E-state index in [2.05, 4.69) is 15.5 Å². The molecule has 2 N–H and O–H groups in total. The zero-order chi connectivity index (χ0) is 17.7. The van der Waals surface area contributed by atoms with Gasteiger partial charge in [-0.3, -0.25) is 9.69 Å². The lowest BCUT2D eigenvalue weighted by Gasteiger charge is -2.43. The first-order valence-corrected chi connectivity index (χ1v) is 10.2. The summed E-state index contributed by atoms with van der Waals surface area (Å²) in [6.07, 6.45) is 4.84. The molecule has 2 amide bonds. The summed E-state index contributed by atoms with van der Waals surface area (Å²) in [5.74, 6) is 2.41. The number of amides is 2. The number of Topliss-reactive ketones (excluding diaryl/α,β-unsaturated/α-hetero) is 1. The minimum Gasteiger partial charge on any atom is -0.336 e. The van der Waals surface area contributed by atoms with Crippen LogP contribution in [0.3, 0.4) is 0 Å². The molecule has 1 saturated carbocycles. The Balaban J connectivity index is 1.55. The SMILES string of the molecule is CC(=O)c1ccc(NC(=O)NCC2(N3CCSCC3)CCCC2)cc1. The molecule has 1 aromatic carbocycles. The third-order valence-electron chi connectivity index (χ3n) is 5.34. The first-order valence-electron chi connectivity index (χ1n) is 9.08. The highest BCUT2D eigenvalue weighted by atomic mass is 32.2. The summed E-state index contributed by atoms with van der Waals surface area (Å²) < 4.78 is 0. The monoisotopic (exact) mass is 361 g/mol. The lowest BCUT2D eigenvalue weighted by atomic mass is 9.94. The van der Waals surface area contributed by atoms with Crippen molar-refractivity contribution >= 4 is 29.3 Å². The molecule has 3 rings (SSSR count). The number of nitrogens with zero attached hydrogens (tertiary/aromatic N) is 1. The average Bonchev–Trinajstić information content (AvgIpc) is 3.11. The van der Waals surface area contributed by atoms with Crippen LogP contribution in [-0.4, -0.2) is 53.4 Å². The van der Waals surface area contributed by atoms with Crippen molar-refractivity contribution in [3.05, 3.63) is 29.8 Å². The van der Waals surface area contributed by atoms with Crippen LogP contribution in [0, 0.1) is 0 Å². The number of urea groups is 1. The van der Waals surface area contributed by atoms with Crippen LogP contribution < -0.4 is 10.6 Å². The van der Waals surface area contributed by atoms with E-state index in [0.29, 0.717) is 17.8 Å². The Kier molecular flexibility index (Phi) is 6.02. The zero-order valence-corrected chi connectivity index (χ0v) is 15.7. The summed E-state index contributed by atoms with van der Waals surface area (Å²) in [6, 6.07) is 6.84. The van der Waals surface area contributed by atoms with Gasteiger partial charge in [-0.25, -0.2) is 4.79 Å². The van der Waals surface area contributed by atoms with Crippen LogP contribution >= 0.6 is 11.8 Å². The number of nitrogens with one attached hydrogen (secondary N) is 2. The third kappa shape index (κ3) is 4.55. The number of carbonyl (C=O) groups is 2. The van der Waals surface area contributed by atoms with Gasteiger partial charge in [0.15, 0.2) is 5.78 Å². The van der Waals surface area contributed by atoms with Crippen LogP contribution in [0.5, 0.6) is 0 Å². The van der Waals surface area contributed by atoms with Crippen molar-refractivity contribution in [1.29, 1.82) is 0 Å². The van der Waals surface area contributed by atoms with Gasteiger partial charge in [-0.2, -0.15) is 11.8 Å². The van der Waals surface area contributed by atoms with E-state index >= 15 is 0 Å². The van der Waals surface area contributed by atoms with Crippen LogP contribution in [0.2, 0.25) is 0 Å². The van der Waals surface area contributed by atoms with Crippen LogP contribution in [0.4, 0.5) is 10.5 Å². The molecular weight excluding hydrogens is 334 g/mol. The molecule has 1 aliphatic carbocycles. The van der Waals surface area contributed by atoms with Gasteiger partial charge in [0, 0.05) is 47.9 Å². The van der Waals surface area contributed by atoms with E-state index in [9.17, 15) is 9.59 Å². The highest BCUT2D eigenvalue weighted by molar-refractivity contribution is 7.99. The van der Waals surface area contributed by atoms with E-state index in [1.807, 2.05) is 11.8 Å². The van der Waals surface area contributed by atoms with Crippen molar-refractivity contribution in [2.75, 3.05) is 36.5 Å². The normalized spacial score (nSPS) is 20.2. The molecule has 25 heavy (non-hydrogen) atoms. The molecule has 1 heterocycles. The number of anilines is 1. The van der Waals surface area contributed by atoms with Crippen molar-refractivity contribution in [3.8, 4) is 0 Å². The van der Waals surface area contributed by atoms with Gasteiger partial charge in [0.2, 0.25) is 0 Å². The topological polar surface area (TPSA) is 61.4 Å². The third-order valence-corrected chi connectivity index (χ3v) is 6.29. The molecule has 1 aromatic rings. The fourth-order valence-electron chi connectivity index (χ4n) is 3.88. The van der Waals surface area contributed by atoms with E-state index in [0.717, 1.165) is 13.1 Å². The summed E-state index contributed by atoms with van der Waals surface area (Å²) in [5.41, 5.74) is 1.49. The van der Waals surface area contributed by atoms with E-state index in [4.69, 9.17) is 0 Å². The molecule has 0 atom stereocenters. The predicted octanol–water partition coefficient (Wildman–Crippen LogP) is 3.37. The van der Waals surface area contributed by atoms with Crippen LogP contribution in [0.1, 0.15) is 43.0 Å². The number of benzene rings is 1. The molecule has 136 valence electrons. The van der Waals surface area contributed by atoms with Gasteiger partial charge in [-0.15, -0.1) is 0 Å². The van der Waals surface area contributed by atoms with Crippen LogP contribution in [0.25, 0.3) is 0 Å². The maximum absolute atomic E-state index is 12.3. The number of hydrogen-bond acceptors (Lipinski definition) is 4. The summed E-state index contributed by atoms with van der Waals surface area (Å²) in [5, 5.41) is 5.95. The predicted molar refractivity (Wildman–Crippen MR) is 104 cm³/mol. The molecule has 1 saturated heterocycles. The first kappa shape index (κ1) is 18.3. The molecule has 2 fully saturated rings. The second-order valence-corrected chi connectivity index (χ2v) is 8.20. The Morgan fingerprint density at radius 1 is 1.12 bits per heavy atom. The molecule has 0 unspecified atom stereocenters. The smallest absolute Gasteiger partial charge is 0.319 e. The Hall–Kier alpha value is -1.53. The summed E-state index contributed by atoms with van der Waals surface area (Å²) in [4.78, 5) is 26.2. The Morgan fingerprint density at radius 2 is 1.76 bits per heavy atom. The van der Waals surface area contributed by atoms with Crippen LogP contribution in [0.15, 0.2) is 24.3 Å². The van der Waals surface area contributed by atoms with Gasteiger partial charge in [0.05, 0.1) is 0 Å². The second kappa shape index (κ2) is 8.23. The van der Waals surface area contributed by atoms with E-state index in [1.165, 1.54) is 44.1 Å². The molecular formula is C19H27N3O2S. The highest BCUT2D eigenvalue weighted by Gasteiger charge is 2.40. The molecule has 5 nitrogen and oxygen atoms in total. The molecule has 0 aromatic heterocycles. The van der Waals surface area contributed by atoms with Crippen molar-refractivity contribution < 1.29 is 9.59 Å². The van der Waals surface area contributed by atoms with Gasteiger partial charge < -0.3 is 10.6 Å². The van der Waals surface area contributed by atoms with Gasteiger partial charge in [-0.05, 0) is 44.0 Å². The number of ketones is 1. The van der Waals surface area contributed by atoms with Gasteiger partial charge in [-0.1, -0.05) is 12.8 Å². The fraction of sp³-hybridized carbons (Fsp3) is 0.579. The van der Waals surface area contributed by atoms with Crippen molar-refractivity contribution in [2.24, 2.45) is 0 Å². The second-order valence-electron chi connectivity index (χ2n) is 6.97. The minimum atomic E-state index is -0.173. The van der Waals surface area contributed by atoms with Crippen molar-refractivity contribution in [3.63, 3.8) is 0 Å². The summed E-state index contributed by atoms with van der Waals surface area (Å²) >= 11 is 2.02. The van der Waals surface area contributed by atoms with Crippen LogP contribution in [-0.2, 0) is 0 Å². The van der Waals surface area contributed by atoms with Gasteiger partial charge in [0.25, 0.3) is 0 Å². The fourth-order valence-corrected chi connectivity index (χ4v) is 4.79. The maximum Gasteiger partial charge on any atom is 0.319 e. The Bertz CT molecular complexity index is 606. The molecule has 6 heteroatoms. The molecule has 0 radical (unpaired) electrons. The average molecular weight is 362 g/mol. The summed E-state index contributed by atoms with van der Waals surface area (Å²) in [7, 11) is 0. The minimum absolute atomic E-state index is 0.0267. The highest BCUT2D eigenvalue weighted by Crippen LogP contribution is 2.36. The lowest BCUT2D eigenvalue weighted by molar-refractivity contribution is 0.101. The quantitative estimate of drug-likeness (QED) is 0.790. The number of carbonyl (C=O) groups excluding carboxylic acids is 2. The summed E-state index contributed by atoms with van der Waals surface area (Å²) in [6.45, 7) is 4.49. The molecule has 0 bridgehead atoms. The molecule has 1 aliphatic heterocycles. The number of rotatable bonds is 5. The standard InChI is InChI=1S/C19H27N3O2S/c1-15(23)16-4-6-17(7-5-16)21-18(24)20-14-19(8-2-3-9-19)22-10-12-25-13-11-22/h4-7H,2-3,8-14H2,1H3,(H2,20,21,24). The Morgan fingerprint density at radius 3 is 2.36 bits per heavy atom. The largest absolute Gasteiger partial charge is 0.336 e. The number of thioether (sulfide) groups is 1. The van der Waals surface area contributed by atoms with Crippen molar-refractivity contribution in [1.82, 2.24) is 10.2 Å². The van der Waals surface area contributed by atoms with Crippen molar-refractivity contribution in [2.45, 2.75) is 38.1 Å². The lowest BCUT2D eigenvalue weighted by Crippen LogP contribution is -2.56. The maximum atomic E-state index is 12.3. The molecule has 2 aliphatic rings.